The lowest BCUT2D eigenvalue weighted by Gasteiger charge is -2.17. The highest BCUT2D eigenvalue weighted by molar-refractivity contribution is 7.10. The minimum absolute atomic E-state index is 0.0231. The van der Waals surface area contributed by atoms with E-state index in [1.54, 1.807) is 6.92 Å². The summed E-state index contributed by atoms with van der Waals surface area (Å²) in [5, 5.41) is 5.55. The summed E-state index contributed by atoms with van der Waals surface area (Å²) in [6, 6.07) is 2.81. The largest absolute Gasteiger partial charge is 0.470 e. The van der Waals surface area contributed by atoms with Gasteiger partial charge >= 0.3 is 12.4 Å². The van der Waals surface area contributed by atoms with E-state index in [0.29, 0.717) is 11.9 Å². The quantitative estimate of drug-likeness (QED) is 0.359. The Kier molecular flexibility index (Phi) is 8.20. The molecule has 4 rings (SSSR count). The van der Waals surface area contributed by atoms with Gasteiger partial charge in [0, 0.05) is 25.7 Å². The van der Waals surface area contributed by atoms with Crippen molar-refractivity contribution in [1.29, 1.82) is 0 Å². The van der Waals surface area contributed by atoms with Crippen LogP contribution in [-0.2, 0) is 6.18 Å². The average Bonchev–Trinajstić information content (AvgIpc) is 3.39. The Bertz CT molecular complexity index is 1280. The van der Waals surface area contributed by atoms with Gasteiger partial charge in [-0.2, -0.15) is 30.7 Å². The summed E-state index contributed by atoms with van der Waals surface area (Å²) in [6.45, 7) is 1.02. The highest BCUT2D eigenvalue weighted by atomic mass is 32.1. The number of nitrogens with one attached hydrogen (secondary N) is 2. The zero-order valence-electron chi connectivity index (χ0n) is 20.0. The molecule has 0 unspecified atom stereocenters. The Balaban J connectivity index is 1.35. The first-order valence-corrected chi connectivity index (χ1v) is 12.1. The zero-order valence-corrected chi connectivity index (χ0v) is 20.8. The third-order valence-corrected chi connectivity index (χ3v) is 6.38. The topological polar surface area (TPSA) is 105 Å². The summed E-state index contributed by atoms with van der Waals surface area (Å²) in [5.74, 6) is -0.604. The molecule has 1 fully saturated rings. The number of ether oxygens (including phenoxy) is 1. The van der Waals surface area contributed by atoms with Crippen LogP contribution in [0, 0.1) is 6.92 Å². The number of carbonyl (C=O) groups is 1. The number of pyridine rings is 1. The van der Waals surface area contributed by atoms with Crippen molar-refractivity contribution in [2.75, 3.05) is 30.3 Å². The highest BCUT2D eigenvalue weighted by Gasteiger charge is 2.37. The second-order valence-corrected chi connectivity index (χ2v) is 9.29. The van der Waals surface area contributed by atoms with Crippen molar-refractivity contribution in [1.82, 2.24) is 24.2 Å². The summed E-state index contributed by atoms with van der Waals surface area (Å²) in [7, 11) is 0. The number of amides is 1. The number of nitrogens with zero attached hydrogens (tertiary/aromatic N) is 5. The zero-order chi connectivity index (χ0) is 28.4. The van der Waals surface area contributed by atoms with Crippen LogP contribution in [0.5, 0.6) is 5.88 Å². The molecule has 3 aromatic heterocycles. The summed E-state index contributed by atoms with van der Waals surface area (Å²) >= 11 is 0.895. The lowest BCUT2D eigenvalue weighted by Crippen LogP contribution is -2.29. The molecular formula is C22H20F7N7O2S. The van der Waals surface area contributed by atoms with Crippen LogP contribution in [0.3, 0.4) is 0 Å². The number of alkyl halides is 7. The third kappa shape index (κ3) is 7.50. The summed E-state index contributed by atoms with van der Waals surface area (Å²) in [4.78, 5) is 25.2. The number of anilines is 3. The summed E-state index contributed by atoms with van der Waals surface area (Å²) in [5.41, 5.74) is -0.460. The molecule has 39 heavy (non-hydrogen) atoms. The number of halogens is 7. The number of hydrogen-bond donors (Lipinski definition) is 2. The van der Waals surface area contributed by atoms with E-state index in [1.165, 1.54) is 23.2 Å². The van der Waals surface area contributed by atoms with Crippen molar-refractivity contribution in [2.45, 2.75) is 38.0 Å². The molecule has 1 amide bonds. The van der Waals surface area contributed by atoms with Crippen LogP contribution in [0.1, 0.15) is 28.2 Å². The van der Waals surface area contributed by atoms with Gasteiger partial charge in [0.05, 0.1) is 42.0 Å². The minimum Gasteiger partial charge on any atom is -0.470 e. The van der Waals surface area contributed by atoms with E-state index in [0.717, 1.165) is 17.7 Å². The first-order chi connectivity index (χ1) is 18.3. The Labute approximate surface area is 220 Å². The molecule has 9 nitrogen and oxygen atoms in total. The first kappa shape index (κ1) is 28.4. The van der Waals surface area contributed by atoms with Crippen LogP contribution in [-0.4, -0.2) is 68.2 Å². The van der Waals surface area contributed by atoms with Crippen LogP contribution in [0.4, 0.5) is 47.2 Å². The standard InChI is InChI=1S/C22H20F7N7O2S/c1-11-18(20(39-35-11)34-16-8-30-15(7-31-16)22(27,28)29)19(37)33-12-2-3-17(32-6-12)38-14-10-36(9-13(14)23)5-4-21(24,25)26/h2-3,6-8,13-14H,4-5,9-10H2,1H3,(H,31,34)(H,33,37)/t13-,14+/m0/s1. The van der Waals surface area contributed by atoms with Crippen molar-refractivity contribution in [3.05, 3.63) is 47.7 Å². The Hall–Kier alpha value is -3.60. The number of likely N-dealkylation sites (tertiary alicyclic amines) is 1. The number of hydrogen-bond acceptors (Lipinski definition) is 9. The highest BCUT2D eigenvalue weighted by Crippen LogP contribution is 2.30. The van der Waals surface area contributed by atoms with E-state index in [1.807, 2.05) is 0 Å². The maximum atomic E-state index is 14.3. The molecule has 4 heterocycles. The lowest BCUT2D eigenvalue weighted by atomic mass is 10.2. The molecule has 2 N–H and O–H groups in total. The summed E-state index contributed by atoms with van der Waals surface area (Å²) < 4.78 is 99.2. The van der Waals surface area contributed by atoms with Gasteiger partial charge in [0.15, 0.2) is 11.9 Å². The number of aromatic nitrogens is 4. The second kappa shape index (κ2) is 11.3. The molecule has 2 atom stereocenters. The van der Waals surface area contributed by atoms with Gasteiger partial charge in [0.2, 0.25) is 5.88 Å². The summed E-state index contributed by atoms with van der Waals surface area (Å²) in [6.07, 6.45) is -9.83. The molecule has 0 bridgehead atoms. The van der Waals surface area contributed by atoms with Crippen LogP contribution >= 0.6 is 11.5 Å². The number of rotatable bonds is 8. The van der Waals surface area contributed by atoms with Gasteiger partial charge in [0.25, 0.3) is 5.91 Å². The number of aryl methyl sites for hydroxylation is 1. The molecule has 0 aromatic carbocycles. The van der Waals surface area contributed by atoms with E-state index in [9.17, 15) is 35.5 Å². The molecule has 0 spiro atoms. The van der Waals surface area contributed by atoms with Gasteiger partial charge in [-0.3, -0.25) is 9.69 Å². The maximum Gasteiger partial charge on any atom is 0.434 e. The molecule has 0 radical (unpaired) electrons. The maximum absolute atomic E-state index is 14.3. The van der Waals surface area contributed by atoms with Gasteiger partial charge in [-0.05, 0) is 24.5 Å². The van der Waals surface area contributed by atoms with Crippen molar-refractivity contribution < 1.29 is 40.3 Å². The van der Waals surface area contributed by atoms with Crippen LogP contribution in [0.15, 0.2) is 30.7 Å². The average molecular weight is 580 g/mol. The SMILES string of the molecule is Cc1nsc(Nc2cnc(C(F)(F)F)cn2)c1C(=O)Nc1ccc(O[C@@H]2CN(CCC(F)(F)F)C[C@@H]2F)nc1. The molecule has 17 heteroatoms. The van der Waals surface area contributed by atoms with Crippen LogP contribution in [0.25, 0.3) is 0 Å². The minimum atomic E-state index is -4.64. The van der Waals surface area contributed by atoms with E-state index in [4.69, 9.17) is 4.74 Å². The van der Waals surface area contributed by atoms with E-state index in [2.05, 4.69) is 30.0 Å². The fraction of sp³-hybridized carbons (Fsp3) is 0.409. The molecule has 210 valence electrons. The molecule has 1 aliphatic heterocycles. The molecule has 0 aliphatic carbocycles. The van der Waals surface area contributed by atoms with E-state index in [-0.39, 0.29) is 47.6 Å². The third-order valence-electron chi connectivity index (χ3n) is 5.53. The van der Waals surface area contributed by atoms with Gasteiger partial charge in [-0.15, -0.1) is 0 Å². The van der Waals surface area contributed by atoms with E-state index >= 15 is 0 Å². The second-order valence-electron chi connectivity index (χ2n) is 8.52. The smallest absolute Gasteiger partial charge is 0.434 e. The predicted octanol–water partition coefficient (Wildman–Crippen LogP) is 5.00. The fourth-order valence-corrected chi connectivity index (χ4v) is 4.44. The molecule has 1 aliphatic rings. The Morgan fingerprint density at radius 3 is 2.49 bits per heavy atom. The Morgan fingerprint density at radius 1 is 1.10 bits per heavy atom. The van der Waals surface area contributed by atoms with Crippen molar-refractivity contribution in [3.8, 4) is 5.88 Å². The molecule has 1 saturated heterocycles. The van der Waals surface area contributed by atoms with Gasteiger partial charge in [-0.25, -0.2) is 19.3 Å². The van der Waals surface area contributed by atoms with Crippen LogP contribution < -0.4 is 15.4 Å². The number of carbonyl (C=O) groups excluding carboxylic acids is 1. The molecule has 0 saturated carbocycles. The van der Waals surface area contributed by atoms with Gasteiger partial charge in [0.1, 0.15) is 16.9 Å². The van der Waals surface area contributed by atoms with Crippen molar-refractivity contribution in [2.24, 2.45) is 0 Å². The van der Waals surface area contributed by atoms with Crippen molar-refractivity contribution in [3.63, 3.8) is 0 Å². The predicted molar refractivity (Wildman–Crippen MR) is 126 cm³/mol. The van der Waals surface area contributed by atoms with Crippen molar-refractivity contribution >= 4 is 33.9 Å². The monoisotopic (exact) mass is 579 g/mol. The van der Waals surface area contributed by atoms with Crippen LogP contribution in [0.2, 0.25) is 0 Å². The van der Waals surface area contributed by atoms with E-state index < -0.39 is 42.7 Å². The first-order valence-electron chi connectivity index (χ1n) is 11.3. The molecular weight excluding hydrogens is 559 g/mol. The Morgan fingerprint density at radius 2 is 1.87 bits per heavy atom. The van der Waals surface area contributed by atoms with Gasteiger partial charge in [-0.1, -0.05) is 0 Å². The van der Waals surface area contributed by atoms with Gasteiger partial charge < -0.3 is 15.4 Å². The fourth-order valence-electron chi connectivity index (χ4n) is 3.64. The lowest BCUT2D eigenvalue weighted by molar-refractivity contribution is -0.141. The molecule has 3 aromatic rings. The normalized spacial score (nSPS) is 18.3.